The van der Waals surface area contributed by atoms with Crippen LogP contribution in [0.4, 0.5) is 0 Å². The molecule has 8 N–H and O–H groups in total. The molecule has 4 rings (SSSR count). The van der Waals surface area contributed by atoms with Crippen LogP contribution < -0.4 is 4.74 Å². The summed E-state index contributed by atoms with van der Waals surface area (Å²) in [4.78, 5) is 0. The Labute approximate surface area is 192 Å². The monoisotopic (exact) mass is 480 g/mol. The van der Waals surface area contributed by atoms with Crippen LogP contribution in [0.3, 0.4) is 0 Å². The Kier molecular flexibility index (Phi) is 6.34. The highest BCUT2D eigenvalue weighted by Crippen LogP contribution is 2.43. The SMILES string of the molecule is COc1cc(C2=C(OC3OC(CO)C(O)C(O)C3O)C=C3C(O)=CC(O)=CC3O2)cc(O)c1O. The van der Waals surface area contributed by atoms with Crippen molar-refractivity contribution in [2.45, 2.75) is 36.8 Å². The van der Waals surface area contributed by atoms with Gasteiger partial charge in [-0.15, -0.1) is 0 Å². The molecular formula is C22H24O12. The van der Waals surface area contributed by atoms with Crippen molar-refractivity contribution < 1.29 is 59.8 Å². The van der Waals surface area contributed by atoms with E-state index in [0.717, 1.165) is 12.1 Å². The molecule has 3 aliphatic rings. The molecule has 0 spiro atoms. The average molecular weight is 480 g/mol. The summed E-state index contributed by atoms with van der Waals surface area (Å²) in [5.74, 6) is -1.97. The minimum Gasteiger partial charge on any atom is -0.508 e. The van der Waals surface area contributed by atoms with Gasteiger partial charge in [0.1, 0.15) is 42.0 Å². The third-order valence-corrected chi connectivity index (χ3v) is 5.59. The Bertz CT molecular complexity index is 1090. The van der Waals surface area contributed by atoms with Gasteiger partial charge in [0.25, 0.3) is 0 Å². The Balaban J connectivity index is 1.80. The maximum atomic E-state index is 10.4. The van der Waals surface area contributed by atoms with Crippen LogP contribution in [0.5, 0.6) is 17.2 Å². The normalized spacial score (nSPS) is 31.0. The van der Waals surface area contributed by atoms with Crippen LogP contribution in [-0.4, -0.2) is 91.4 Å². The number of fused-ring (bicyclic) bond motifs is 1. The first kappa shape index (κ1) is 23.7. The summed E-state index contributed by atoms with van der Waals surface area (Å²) in [5.41, 5.74) is 0.320. The summed E-state index contributed by atoms with van der Waals surface area (Å²) in [6.07, 6.45) is -5.11. The predicted octanol–water partition coefficient (Wildman–Crippen LogP) is -0.186. The predicted molar refractivity (Wildman–Crippen MR) is 112 cm³/mol. The number of phenolic OH excluding ortho intramolecular Hbond substituents is 2. The largest absolute Gasteiger partial charge is 0.508 e. The van der Waals surface area contributed by atoms with E-state index >= 15 is 0 Å². The number of hydrogen-bond acceptors (Lipinski definition) is 12. The second-order valence-electron chi connectivity index (χ2n) is 7.81. The van der Waals surface area contributed by atoms with Crippen LogP contribution in [0.15, 0.2) is 53.2 Å². The van der Waals surface area contributed by atoms with Crippen LogP contribution in [0.2, 0.25) is 0 Å². The van der Waals surface area contributed by atoms with Crippen LogP contribution in [0.25, 0.3) is 5.76 Å². The molecule has 34 heavy (non-hydrogen) atoms. The van der Waals surface area contributed by atoms with Gasteiger partial charge in [0.2, 0.25) is 12.0 Å². The van der Waals surface area contributed by atoms with Gasteiger partial charge in [-0.1, -0.05) is 0 Å². The molecule has 2 heterocycles. The van der Waals surface area contributed by atoms with Crippen molar-refractivity contribution in [3.8, 4) is 17.2 Å². The van der Waals surface area contributed by atoms with E-state index < -0.39 is 54.9 Å². The third-order valence-electron chi connectivity index (χ3n) is 5.59. The van der Waals surface area contributed by atoms with Crippen molar-refractivity contribution in [2.75, 3.05) is 13.7 Å². The molecule has 1 fully saturated rings. The van der Waals surface area contributed by atoms with Crippen molar-refractivity contribution in [3.63, 3.8) is 0 Å². The van der Waals surface area contributed by atoms with Crippen LogP contribution in [0.1, 0.15) is 5.56 Å². The molecule has 0 aromatic heterocycles. The molecule has 12 nitrogen and oxygen atoms in total. The molecule has 1 aromatic rings. The molecule has 1 aromatic carbocycles. The maximum Gasteiger partial charge on any atom is 0.229 e. The number of aliphatic hydroxyl groups is 6. The summed E-state index contributed by atoms with van der Waals surface area (Å²) in [5, 5.41) is 80.1. The lowest BCUT2D eigenvalue weighted by Crippen LogP contribution is -2.59. The number of aliphatic hydroxyl groups excluding tert-OH is 6. The van der Waals surface area contributed by atoms with Crippen molar-refractivity contribution in [2.24, 2.45) is 0 Å². The summed E-state index contributed by atoms with van der Waals surface area (Å²) in [6, 6.07) is 2.46. The maximum absolute atomic E-state index is 10.4. The zero-order valence-corrected chi connectivity index (χ0v) is 17.8. The zero-order chi connectivity index (χ0) is 24.7. The fourth-order valence-electron chi connectivity index (χ4n) is 3.78. The lowest BCUT2D eigenvalue weighted by molar-refractivity contribution is -0.290. The van der Waals surface area contributed by atoms with E-state index in [0.29, 0.717) is 0 Å². The topological polar surface area (TPSA) is 199 Å². The van der Waals surface area contributed by atoms with Gasteiger partial charge in [-0.05, 0) is 18.2 Å². The molecule has 12 heteroatoms. The van der Waals surface area contributed by atoms with Gasteiger partial charge in [-0.2, -0.15) is 0 Å². The Morgan fingerprint density at radius 1 is 0.971 bits per heavy atom. The molecule has 6 unspecified atom stereocenters. The molecule has 184 valence electrons. The molecular weight excluding hydrogens is 456 g/mol. The van der Waals surface area contributed by atoms with E-state index in [1.54, 1.807) is 0 Å². The molecule has 6 atom stereocenters. The first-order valence-electron chi connectivity index (χ1n) is 10.2. The second-order valence-corrected chi connectivity index (χ2v) is 7.81. The van der Waals surface area contributed by atoms with Gasteiger partial charge < -0.3 is 59.8 Å². The molecule has 1 aliphatic carbocycles. The van der Waals surface area contributed by atoms with E-state index in [1.165, 1.54) is 25.3 Å². The van der Waals surface area contributed by atoms with Gasteiger partial charge in [-0.3, -0.25) is 0 Å². The molecule has 2 aliphatic heterocycles. The van der Waals surface area contributed by atoms with Crippen LogP contribution in [-0.2, 0) is 14.2 Å². The summed E-state index contributed by atoms with van der Waals surface area (Å²) in [7, 11) is 1.27. The number of allylic oxidation sites excluding steroid dienone is 2. The van der Waals surface area contributed by atoms with Crippen molar-refractivity contribution in [3.05, 3.63) is 58.8 Å². The number of rotatable bonds is 5. The summed E-state index contributed by atoms with van der Waals surface area (Å²) in [6.45, 7) is -0.674. The Hall–Kier alpha value is -3.42. The smallest absolute Gasteiger partial charge is 0.229 e. The van der Waals surface area contributed by atoms with Crippen LogP contribution in [0, 0.1) is 0 Å². The highest BCUT2D eigenvalue weighted by atomic mass is 16.7. The van der Waals surface area contributed by atoms with E-state index in [-0.39, 0.29) is 39.9 Å². The number of phenols is 2. The highest BCUT2D eigenvalue weighted by molar-refractivity contribution is 5.72. The second kappa shape index (κ2) is 9.08. The molecule has 0 bridgehead atoms. The minimum atomic E-state index is -1.73. The average Bonchev–Trinajstić information content (AvgIpc) is 2.81. The number of hydrogen-bond donors (Lipinski definition) is 8. The van der Waals surface area contributed by atoms with Crippen molar-refractivity contribution in [1.29, 1.82) is 0 Å². The van der Waals surface area contributed by atoms with Gasteiger partial charge >= 0.3 is 0 Å². The van der Waals surface area contributed by atoms with Gasteiger partial charge in [0, 0.05) is 23.3 Å². The van der Waals surface area contributed by atoms with E-state index in [9.17, 15) is 40.9 Å². The Morgan fingerprint density at radius 2 is 1.71 bits per heavy atom. The quantitative estimate of drug-likeness (QED) is 0.259. The number of ether oxygens (including phenoxy) is 4. The minimum absolute atomic E-state index is 0.0712. The van der Waals surface area contributed by atoms with Crippen molar-refractivity contribution >= 4 is 5.76 Å². The first-order chi connectivity index (χ1) is 16.1. The highest BCUT2D eigenvalue weighted by Gasteiger charge is 2.45. The standard InChI is InChI=1S/C22H24O12/c1-31-14-3-8(2-12(26)17(14)27)21-15(6-10-11(25)4-9(24)5-13(10)32-21)33-22-20(30)19(29)18(28)16(7-23)34-22/h2-6,13,16,18-20,22-30H,7H2,1H3. The fraction of sp³-hybridized carbons (Fsp3) is 0.364. The van der Waals surface area contributed by atoms with Crippen molar-refractivity contribution in [1.82, 2.24) is 0 Å². The molecule has 0 saturated carbocycles. The van der Waals surface area contributed by atoms with Gasteiger partial charge in [0.15, 0.2) is 23.0 Å². The zero-order valence-electron chi connectivity index (χ0n) is 17.8. The number of benzene rings is 1. The third kappa shape index (κ3) is 4.13. The molecule has 0 radical (unpaired) electrons. The van der Waals surface area contributed by atoms with E-state index in [1.807, 2.05) is 0 Å². The summed E-state index contributed by atoms with van der Waals surface area (Å²) >= 11 is 0. The Morgan fingerprint density at radius 3 is 2.38 bits per heavy atom. The fourth-order valence-corrected chi connectivity index (χ4v) is 3.78. The number of methoxy groups -OCH3 is 1. The van der Waals surface area contributed by atoms with Gasteiger partial charge in [-0.25, -0.2) is 0 Å². The van der Waals surface area contributed by atoms with E-state index in [2.05, 4.69) is 0 Å². The molecule has 0 amide bonds. The lowest BCUT2D eigenvalue weighted by atomic mass is 9.96. The first-order valence-corrected chi connectivity index (χ1v) is 10.2. The number of aromatic hydroxyl groups is 2. The lowest BCUT2D eigenvalue weighted by Gasteiger charge is -2.40. The van der Waals surface area contributed by atoms with Gasteiger partial charge in [0.05, 0.1) is 13.7 Å². The molecule has 1 saturated heterocycles. The van der Waals surface area contributed by atoms with Crippen LogP contribution >= 0.6 is 0 Å². The van der Waals surface area contributed by atoms with E-state index in [4.69, 9.17) is 18.9 Å². The summed E-state index contributed by atoms with van der Waals surface area (Å²) < 4.78 is 22.1.